The predicted molar refractivity (Wildman–Crippen MR) is 141 cm³/mol. The second-order valence-corrected chi connectivity index (χ2v) is 12.0. The summed E-state index contributed by atoms with van der Waals surface area (Å²) < 4.78 is 0. The molecule has 2 amide bonds. The van der Waals surface area contributed by atoms with Gasteiger partial charge in [0, 0.05) is 68.3 Å². The van der Waals surface area contributed by atoms with Gasteiger partial charge in [-0.1, -0.05) is 13.8 Å². The molecule has 0 aromatic carbocycles. The van der Waals surface area contributed by atoms with Gasteiger partial charge in [0.2, 0.25) is 11.8 Å². The van der Waals surface area contributed by atoms with Crippen LogP contribution in [0.3, 0.4) is 0 Å². The fourth-order valence-corrected chi connectivity index (χ4v) is 7.76. The topological polar surface area (TPSA) is 148 Å². The maximum absolute atomic E-state index is 13.1. The Kier molecular flexibility index (Phi) is 8.95. The lowest BCUT2D eigenvalue weighted by molar-refractivity contribution is -0.160. The minimum Gasteiger partial charge on any atom is -0.477 e. The molecule has 5 N–H and O–H groups in total. The third-order valence-corrected chi connectivity index (χ3v) is 9.65. The molecule has 0 bridgehead atoms. The number of carboxylic acid groups (broad SMARTS) is 1. The second kappa shape index (κ2) is 11.8. The highest BCUT2D eigenvalue weighted by molar-refractivity contribution is 8.03. The molecule has 1 unspecified atom stereocenters. The number of likely N-dealkylation sites (N-methyl/N-ethyl adjacent to an activating group) is 1. The second-order valence-electron chi connectivity index (χ2n) is 10.7. The van der Waals surface area contributed by atoms with Crippen molar-refractivity contribution in [2.24, 2.45) is 23.5 Å². The van der Waals surface area contributed by atoms with E-state index >= 15 is 0 Å². The van der Waals surface area contributed by atoms with Crippen molar-refractivity contribution in [1.82, 2.24) is 25.3 Å². The molecule has 3 saturated heterocycles. The normalized spacial score (nSPS) is 30.9. The van der Waals surface area contributed by atoms with Crippen molar-refractivity contribution >= 4 is 35.3 Å². The summed E-state index contributed by atoms with van der Waals surface area (Å²) in [5.74, 6) is -1.82. The zero-order chi connectivity index (χ0) is 26.9. The highest BCUT2D eigenvalue weighted by Gasteiger charge is 2.60. The number of nitrogens with one attached hydrogen (secondary N) is 2. The number of carbonyl (C=O) groups excluding carboxylic acids is 3. The number of Topliss-reactive ketones (excluding diaryl/α,β-unsaturated/α-hetero) is 1. The molecule has 0 aromatic rings. The van der Waals surface area contributed by atoms with Crippen LogP contribution in [0.25, 0.3) is 0 Å². The number of carboxylic acids is 1. The van der Waals surface area contributed by atoms with E-state index in [1.165, 1.54) is 16.7 Å². The quantitative estimate of drug-likeness (QED) is 0.246. The minimum absolute atomic E-state index is 0.0427. The number of hydrogen-bond donors (Lipinski definition) is 4. The lowest BCUT2D eigenvalue weighted by Gasteiger charge is -2.47. The average molecular weight is 537 g/mol. The van der Waals surface area contributed by atoms with Crippen LogP contribution in [0.1, 0.15) is 26.7 Å². The van der Waals surface area contributed by atoms with E-state index in [0.717, 1.165) is 19.6 Å². The predicted octanol–water partition coefficient (Wildman–Crippen LogP) is -0.859. The van der Waals surface area contributed by atoms with Gasteiger partial charge in [-0.15, -0.1) is 11.8 Å². The number of piperazine rings is 1. The lowest BCUT2D eigenvalue weighted by atomic mass is 9.73. The average Bonchev–Trinajstić information content (AvgIpc) is 3.41. The van der Waals surface area contributed by atoms with E-state index < -0.39 is 5.97 Å². The number of nitrogens with zero attached hydrogens (tertiary/aromatic N) is 3. The Morgan fingerprint density at radius 3 is 2.57 bits per heavy atom. The number of aliphatic carboxylic acids is 1. The van der Waals surface area contributed by atoms with Gasteiger partial charge in [0.15, 0.2) is 0 Å². The minimum atomic E-state index is -1.10. The number of carbonyl (C=O) groups is 4. The molecule has 4 aliphatic heterocycles. The molecule has 4 heterocycles. The number of amides is 2. The van der Waals surface area contributed by atoms with Crippen molar-refractivity contribution < 1.29 is 24.3 Å². The van der Waals surface area contributed by atoms with Crippen LogP contribution in [-0.2, 0) is 19.2 Å². The molecular formula is C25H40N6O5S. The largest absolute Gasteiger partial charge is 0.477 e. The number of nitrogens with two attached hydrogens (primary N) is 1. The van der Waals surface area contributed by atoms with Crippen LogP contribution in [0.2, 0.25) is 0 Å². The Hall–Kier alpha value is -1.99. The van der Waals surface area contributed by atoms with E-state index in [9.17, 15) is 24.3 Å². The molecular weight excluding hydrogens is 496 g/mol. The molecule has 3 fully saturated rings. The summed E-state index contributed by atoms with van der Waals surface area (Å²) in [6, 6.07) is -0.524. The number of ketones is 1. The molecule has 37 heavy (non-hydrogen) atoms. The zero-order valence-electron chi connectivity index (χ0n) is 21.9. The Morgan fingerprint density at radius 2 is 1.95 bits per heavy atom. The van der Waals surface area contributed by atoms with Crippen LogP contribution in [0.15, 0.2) is 10.6 Å². The van der Waals surface area contributed by atoms with Gasteiger partial charge < -0.3 is 31.3 Å². The van der Waals surface area contributed by atoms with Crippen molar-refractivity contribution in [2.75, 3.05) is 59.4 Å². The molecule has 6 atom stereocenters. The number of hydrogen-bond acceptors (Lipinski definition) is 9. The fourth-order valence-electron chi connectivity index (χ4n) is 6.28. The van der Waals surface area contributed by atoms with Gasteiger partial charge >= 0.3 is 5.97 Å². The van der Waals surface area contributed by atoms with Gasteiger partial charge in [0.25, 0.3) is 0 Å². The van der Waals surface area contributed by atoms with E-state index in [2.05, 4.69) is 15.5 Å². The van der Waals surface area contributed by atoms with E-state index in [1.807, 2.05) is 18.7 Å². The monoisotopic (exact) mass is 536 g/mol. The van der Waals surface area contributed by atoms with Gasteiger partial charge in [0.05, 0.1) is 24.5 Å². The van der Waals surface area contributed by atoms with Crippen LogP contribution >= 0.6 is 11.8 Å². The van der Waals surface area contributed by atoms with Crippen LogP contribution in [0.4, 0.5) is 0 Å². The summed E-state index contributed by atoms with van der Waals surface area (Å²) in [5, 5.41) is 16.2. The molecule has 206 valence electrons. The maximum Gasteiger partial charge on any atom is 0.353 e. The zero-order valence-corrected chi connectivity index (χ0v) is 22.8. The SMILES string of the molecule is CNCC(=O)C[C@H](C)[C@H]1C(=O)N2C(C(=O)O)=C(SC3CN[C@H](C(=O)N4CCN(CCN)CC4)C3)[C@H](C)[C@H]12. The molecule has 0 aromatic heterocycles. The van der Waals surface area contributed by atoms with E-state index in [-0.39, 0.29) is 71.3 Å². The first-order valence-corrected chi connectivity index (χ1v) is 14.1. The number of rotatable bonds is 11. The smallest absolute Gasteiger partial charge is 0.353 e. The van der Waals surface area contributed by atoms with Crippen molar-refractivity contribution in [3.05, 3.63) is 10.6 Å². The van der Waals surface area contributed by atoms with Gasteiger partial charge in [-0.3, -0.25) is 19.3 Å². The number of fused-ring (bicyclic) bond motifs is 1. The summed E-state index contributed by atoms with van der Waals surface area (Å²) >= 11 is 1.49. The van der Waals surface area contributed by atoms with Gasteiger partial charge in [-0.2, -0.15) is 0 Å². The summed E-state index contributed by atoms with van der Waals surface area (Å²) in [4.78, 5) is 56.9. The van der Waals surface area contributed by atoms with Crippen molar-refractivity contribution in [3.8, 4) is 0 Å². The maximum atomic E-state index is 13.1. The van der Waals surface area contributed by atoms with Crippen LogP contribution < -0.4 is 16.4 Å². The Morgan fingerprint density at radius 1 is 1.24 bits per heavy atom. The van der Waals surface area contributed by atoms with E-state index in [0.29, 0.717) is 37.5 Å². The first-order valence-electron chi connectivity index (χ1n) is 13.3. The molecule has 11 nitrogen and oxygen atoms in total. The Labute approximate surface area is 222 Å². The third kappa shape index (κ3) is 5.58. The van der Waals surface area contributed by atoms with Crippen LogP contribution in [0, 0.1) is 17.8 Å². The Balaban J connectivity index is 1.38. The lowest BCUT2D eigenvalue weighted by Crippen LogP contribution is -2.62. The highest BCUT2D eigenvalue weighted by atomic mass is 32.2. The van der Waals surface area contributed by atoms with Crippen LogP contribution in [0.5, 0.6) is 0 Å². The summed E-state index contributed by atoms with van der Waals surface area (Å²) in [7, 11) is 1.71. The van der Waals surface area contributed by atoms with E-state index in [4.69, 9.17) is 5.73 Å². The van der Waals surface area contributed by atoms with Crippen molar-refractivity contribution in [1.29, 1.82) is 0 Å². The van der Waals surface area contributed by atoms with Gasteiger partial charge in [-0.05, 0) is 19.4 Å². The number of thioether (sulfide) groups is 1. The van der Waals surface area contributed by atoms with Crippen molar-refractivity contribution in [2.45, 2.75) is 44.0 Å². The first-order chi connectivity index (χ1) is 17.7. The molecule has 0 saturated carbocycles. The van der Waals surface area contributed by atoms with E-state index in [1.54, 1.807) is 7.05 Å². The molecule has 0 aliphatic carbocycles. The van der Waals surface area contributed by atoms with Crippen molar-refractivity contribution in [3.63, 3.8) is 0 Å². The van der Waals surface area contributed by atoms with Crippen LogP contribution in [-0.4, -0.2) is 120 Å². The third-order valence-electron chi connectivity index (χ3n) is 8.14. The number of β-lactam (4-membered cyclic amide) rings is 1. The summed E-state index contributed by atoms with van der Waals surface area (Å²) in [6.45, 7) is 9.22. The summed E-state index contributed by atoms with van der Waals surface area (Å²) in [5.41, 5.74) is 5.71. The molecule has 4 rings (SSSR count). The Bertz CT molecular complexity index is 952. The standard InChI is InChI=1S/C25H40N6O5S/c1-14(10-16(32)12-27-3)19-20-15(2)22(21(25(35)36)31(20)24(19)34)37-17-11-18(28-13-17)23(33)30-8-6-29(5-4-26)7-9-30/h14-15,17-20,27-28H,4-13,26H2,1-3H3,(H,35,36)/t14-,15+,17?,18-,19+,20+/m0/s1. The van der Waals surface area contributed by atoms with Gasteiger partial charge in [0.1, 0.15) is 11.5 Å². The summed E-state index contributed by atoms with van der Waals surface area (Å²) in [6.07, 6.45) is 0.905. The highest BCUT2D eigenvalue weighted by Crippen LogP contribution is 2.53. The first kappa shape index (κ1) is 28.0. The molecule has 4 aliphatic rings. The molecule has 0 radical (unpaired) electrons. The molecule has 12 heteroatoms. The fraction of sp³-hybridized carbons (Fsp3) is 0.760. The molecule has 0 spiro atoms. The van der Waals surface area contributed by atoms with Gasteiger partial charge in [-0.25, -0.2) is 4.79 Å².